The fourth-order valence-electron chi connectivity index (χ4n) is 4.28. The molecule has 3 heterocycles. The highest BCUT2D eigenvalue weighted by Crippen LogP contribution is 2.35. The van der Waals surface area contributed by atoms with E-state index >= 15 is 0 Å². The van der Waals surface area contributed by atoms with Crippen LogP contribution in [0.2, 0.25) is 0 Å². The third-order valence-electron chi connectivity index (χ3n) is 6.41. The number of anilines is 3. The summed E-state index contributed by atoms with van der Waals surface area (Å²) in [7, 11) is 0. The lowest BCUT2D eigenvalue weighted by molar-refractivity contribution is -0.137. The molecule has 0 saturated heterocycles. The maximum Gasteiger partial charge on any atom is 0.416 e. The van der Waals surface area contributed by atoms with Crippen LogP contribution in [0.15, 0.2) is 104 Å². The number of carbonyl (C=O) groups excluding carboxylic acids is 1. The second-order valence-electron chi connectivity index (χ2n) is 9.58. The zero-order valence-electron chi connectivity index (χ0n) is 23.7. The van der Waals surface area contributed by atoms with Crippen molar-refractivity contribution in [2.75, 3.05) is 10.6 Å². The molecule has 0 atom stereocenters. The van der Waals surface area contributed by atoms with Crippen molar-refractivity contribution in [2.24, 2.45) is 0 Å². The van der Waals surface area contributed by atoms with Gasteiger partial charge in [0.05, 0.1) is 34.9 Å². The first-order valence-corrected chi connectivity index (χ1v) is 13.3. The summed E-state index contributed by atoms with van der Waals surface area (Å²) in [5, 5.41) is 12.2. The molecular formula is C33H24F4N6O2. The third kappa shape index (κ3) is 6.94. The van der Waals surface area contributed by atoms with Crippen molar-refractivity contribution in [2.45, 2.75) is 13.1 Å². The minimum Gasteiger partial charge on any atom is -0.457 e. The van der Waals surface area contributed by atoms with E-state index in [0.717, 1.165) is 23.9 Å². The Balaban J connectivity index is 1.44. The molecule has 1 amide bonds. The molecule has 0 aliphatic carbocycles. The Hall–Kier alpha value is -6.09. The second-order valence-corrected chi connectivity index (χ2v) is 9.58. The number of aryl methyl sites for hydroxylation is 1. The molecule has 0 aliphatic rings. The number of aromatic amines is 1. The number of nitrogens with one attached hydrogen (secondary N) is 3. The van der Waals surface area contributed by atoms with Crippen LogP contribution in [0.5, 0.6) is 5.75 Å². The molecule has 5 aromatic rings. The molecule has 8 nitrogen and oxygen atoms in total. The monoisotopic (exact) mass is 612 g/mol. The van der Waals surface area contributed by atoms with Gasteiger partial charge in [-0.25, -0.2) is 9.37 Å². The van der Waals surface area contributed by atoms with Gasteiger partial charge in [0.15, 0.2) is 5.65 Å². The number of ether oxygens (including phenoxy) is 1. The molecule has 3 N–H and O–H groups in total. The van der Waals surface area contributed by atoms with Crippen molar-refractivity contribution in [1.29, 1.82) is 0 Å². The van der Waals surface area contributed by atoms with E-state index in [1.807, 2.05) is 12.1 Å². The SMILES string of the molecule is C=C/C=C(\C=C)Oc1cc(NC(=O)c2cc(C#Cc3cnc4c(Nc5cn[nH]c5)cccn34)c(C)cc2F)cc(C(F)(F)F)c1. The summed E-state index contributed by atoms with van der Waals surface area (Å²) < 4.78 is 63.1. The number of hydrogen-bond donors (Lipinski definition) is 3. The molecule has 5 rings (SSSR count). The number of alkyl halides is 3. The number of hydrogen-bond acceptors (Lipinski definition) is 5. The second kappa shape index (κ2) is 12.6. The molecule has 0 bridgehead atoms. The van der Waals surface area contributed by atoms with Crippen LogP contribution in [0, 0.1) is 24.6 Å². The third-order valence-corrected chi connectivity index (χ3v) is 6.41. The number of benzene rings is 2. The van der Waals surface area contributed by atoms with Crippen LogP contribution in [0.4, 0.5) is 34.6 Å². The van der Waals surface area contributed by atoms with Gasteiger partial charge in [-0.15, -0.1) is 0 Å². The fraction of sp³-hybridized carbons (Fsp3) is 0.0606. The number of amides is 1. The average Bonchev–Trinajstić information content (AvgIpc) is 3.66. The van der Waals surface area contributed by atoms with Gasteiger partial charge in [-0.1, -0.05) is 25.2 Å². The Labute approximate surface area is 254 Å². The number of aromatic nitrogens is 4. The Morgan fingerprint density at radius 1 is 1.11 bits per heavy atom. The van der Waals surface area contributed by atoms with Crippen LogP contribution >= 0.6 is 0 Å². The van der Waals surface area contributed by atoms with Gasteiger partial charge in [-0.05, 0) is 67.0 Å². The van der Waals surface area contributed by atoms with Crippen LogP contribution in [0.1, 0.15) is 32.7 Å². The van der Waals surface area contributed by atoms with E-state index in [9.17, 15) is 22.4 Å². The topological polar surface area (TPSA) is 96.3 Å². The molecule has 45 heavy (non-hydrogen) atoms. The zero-order chi connectivity index (χ0) is 32.1. The number of H-pyrrole nitrogens is 1. The molecule has 3 aromatic heterocycles. The maximum absolute atomic E-state index is 15.0. The van der Waals surface area contributed by atoms with Crippen LogP contribution < -0.4 is 15.4 Å². The van der Waals surface area contributed by atoms with E-state index in [0.29, 0.717) is 28.2 Å². The number of fused-ring (bicyclic) bond motifs is 1. The Bertz CT molecular complexity index is 2010. The highest BCUT2D eigenvalue weighted by atomic mass is 19.4. The van der Waals surface area contributed by atoms with E-state index in [4.69, 9.17) is 4.74 Å². The maximum atomic E-state index is 15.0. The average molecular weight is 613 g/mol. The van der Waals surface area contributed by atoms with E-state index in [2.05, 4.69) is 50.8 Å². The standard InChI is InChI=1S/C33H24F4N6O2/c1-4-7-26(5-2)45-27-15-22(33(35,36)37)14-23(16-27)42-32(44)28-13-21(20(3)12-29(28)34)9-10-25-19-38-31-30(8-6-11-43(25)31)41-24-17-39-40-18-24/h4-8,11-19,41H,1-2H2,3H3,(H,39,40)(H,42,44)/b26-7+. The minimum atomic E-state index is -4.75. The molecule has 0 radical (unpaired) electrons. The molecule has 226 valence electrons. The minimum absolute atomic E-state index is 0.130. The number of rotatable bonds is 8. The van der Waals surface area contributed by atoms with Gasteiger partial charge in [-0.3, -0.25) is 14.3 Å². The first kappa shape index (κ1) is 30.4. The Morgan fingerprint density at radius 3 is 2.64 bits per heavy atom. The number of halogens is 4. The van der Waals surface area contributed by atoms with E-state index in [1.54, 1.807) is 36.1 Å². The summed E-state index contributed by atoms with van der Waals surface area (Å²) in [4.78, 5) is 17.6. The number of carbonyl (C=O) groups is 1. The Kier molecular flexibility index (Phi) is 8.53. The lowest BCUT2D eigenvalue weighted by atomic mass is 10.0. The van der Waals surface area contributed by atoms with Crippen molar-refractivity contribution in [1.82, 2.24) is 19.6 Å². The number of allylic oxidation sites excluding steroid dienone is 3. The van der Waals surface area contributed by atoms with Crippen molar-refractivity contribution in [3.05, 3.63) is 138 Å². The van der Waals surface area contributed by atoms with Crippen molar-refractivity contribution in [3.8, 4) is 17.6 Å². The molecular weight excluding hydrogens is 588 g/mol. The lowest BCUT2D eigenvalue weighted by Gasteiger charge is -2.14. The van der Waals surface area contributed by atoms with Crippen LogP contribution in [0.3, 0.4) is 0 Å². The van der Waals surface area contributed by atoms with Gasteiger partial charge in [-0.2, -0.15) is 18.3 Å². The van der Waals surface area contributed by atoms with E-state index in [-0.39, 0.29) is 17.2 Å². The first-order valence-electron chi connectivity index (χ1n) is 13.3. The normalized spacial score (nSPS) is 11.4. The van der Waals surface area contributed by atoms with E-state index < -0.39 is 29.0 Å². The predicted molar refractivity (Wildman–Crippen MR) is 163 cm³/mol. The van der Waals surface area contributed by atoms with Crippen molar-refractivity contribution < 1.29 is 27.1 Å². The fourth-order valence-corrected chi connectivity index (χ4v) is 4.28. The highest BCUT2D eigenvalue weighted by molar-refractivity contribution is 6.05. The van der Waals surface area contributed by atoms with Gasteiger partial charge < -0.3 is 15.4 Å². The van der Waals surface area contributed by atoms with Gasteiger partial charge >= 0.3 is 6.18 Å². The molecule has 2 aromatic carbocycles. The summed E-state index contributed by atoms with van der Waals surface area (Å²) in [5.74, 6) is 4.02. The van der Waals surface area contributed by atoms with Gasteiger partial charge in [0.1, 0.15) is 23.0 Å². The van der Waals surface area contributed by atoms with Gasteiger partial charge in [0.25, 0.3) is 5.91 Å². The Morgan fingerprint density at radius 2 is 1.93 bits per heavy atom. The summed E-state index contributed by atoms with van der Waals surface area (Å²) >= 11 is 0. The highest BCUT2D eigenvalue weighted by Gasteiger charge is 2.32. The quantitative estimate of drug-likeness (QED) is 0.0728. The number of imidazole rings is 1. The molecule has 0 saturated carbocycles. The molecule has 0 unspecified atom stereocenters. The molecule has 12 heteroatoms. The largest absolute Gasteiger partial charge is 0.457 e. The summed E-state index contributed by atoms with van der Waals surface area (Å²) in [6.07, 6.45) is 5.98. The van der Waals surface area contributed by atoms with E-state index in [1.165, 1.54) is 30.4 Å². The van der Waals surface area contributed by atoms with Crippen molar-refractivity contribution >= 4 is 28.6 Å². The predicted octanol–water partition coefficient (Wildman–Crippen LogP) is 7.55. The number of nitrogens with zero attached hydrogens (tertiary/aromatic N) is 3. The zero-order valence-corrected chi connectivity index (χ0v) is 23.7. The lowest BCUT2D eigenvalue weighted by Crippen LogP contribution is -2.15. The van der Waals surface area contributed by atoms with Gasteiger partial charge in [0.2, 0.25) is 0 Å². The molecule has 0 spiro atoms. The summed E-state index contributed by atoms with van der Waals surface area (Å²) in [6.45, 7) is 8.69. The summed E-state index contributed by atoms with van der Waals surface area (Å²) in [6, 6.07) is 8.72. The van der Waals surface area contributed by atoms with Crippen LogP contribution in [-0.2, 0) is 6.18 Å². The smallest absolute Gasteiger partial charge is 0.416 e. The first-order chi connectivity index (χ1) is 21.5. The van der Waals surface area contributed by atoms with Crippen LogP contribution in [0.25, 0.3) is 5.65 Å². The summed E-state index contributed by atoms with van der Waals surface area (Å²) in [5.41, 5.74) is 1.62. The molecule has 0 fully saturated rings. The number of pyridine rings is 1. The van der Waals surface area contributed by atoms with Crippen LogP contribution in [-0.4, -0.2) is 25.5 Å². The van der Waals surface area contributed by atoms with Gasteiger partial charge in [0, 0.05) is 29.7 Å². The van der Waals surface area contributed by atoms with Crippen molar-refractivity contribution in [3.63, 3.8) is 0 Å². The molecule has 0 aliphatic heterocycles.